The molecule has 0 unspecified atom stereocenters. The van der Waals surface area contributed by atoms with Crippen LogP contribution in [-0.2, 0) is 9.63 Å². The van der Waals surface area contributed by atoms with Crippen molar-refractivity contribution >= 4 is 29.4 Å². The molecule has 1 aliphatic heterocycles. The Hall–Kier alpha value is -1.81. The number of rotatable bonds is 4. The maximum Gasteiger partial charge on any atom is 0.367 e. The van der Waals surface area contributed by atoms with Crippen molar-refractivity contribution in [2.45, 2.75) is 20.3 Å². The lowest BCUT2D eigenvalue weighted by atomic mass is 10.1. The number of oxime groups is 1. The molecule has 0 radical (unpaired) electrons. The van der Waals surface area contributed by atoms with Crippen LogP contribution in [0.1, 0.15) is 25.8 Å². The first-order valence-corrected chi connectivity index (χ1v) is 6.40. The highest BCUT2D eigenvalue weighted by Gasteiger charge is 2.22. The van der Waals surface area contributed by atoms with E-state index in [9.17, 15) is 4.79 Å². The van der Waals surface area contributed by atoms with Gasteiger partial charge in [-0.2, -0.15) is 0 Å². The van der Waals surface area contributed by atoms with Crippen molar-refractivity contribution in [2.24, 2.45) is 5.16 Å². The number of hydrogen-bond donors (Lipinski definition) is 0. The van der Waals surface area contributed by atoms with Gasteiger partial charge in [0.2, 0.25) is 0 Å². The highest BCUT2D eigenvalue weighted by molar-refractivity contribution is 6.31. The summed E-state index contributed by atoms with van der Waals surface area (Å²) in [5.41, 5.74) is 1.71. The van der Waals surface area contributed by atoms with Gasteiger partial charge in [0.1, 0.15) is 5.75 Å². The molecule has 0 saturated carbocycles. The Morgan fingerprint density at radius 3 is 2.89 bits per heavy atom. The zero-order chi connectivity index (χ0) is 13.8. The first kappa shape index (κ1) is 13.6. The molecule has 4 nitrogen and oxygen atoms in total. The van der Waals surface area contributed by atoms with E-state index < -0.39 is 5.97 Å². The summed E-state index contributed by atoms with van der Waals surface area (Å²) in [5, 5.41) is 4.21. The second-order valence-corrected chi connectivity index (χ2v) is 4.58. The smallest absolute Gasteiger partial charge is 0.367 e. The fraction of sp³-hybridized carbons (Fsp3) is 0.286. The molecular formula is C14H14ClNO3. The Labute approximate surface area is 116 Å². The minimum Gasteiger partial charge on any atom is -0.493 e. The maximum absolute atomic E-state index is 11.5. The third-order valence-electron chi connectivity index (χ3n) is 2.61. The number of benzene rings is 1. The molecule has 0 spiro atoms. The number of halogens is 1. The van der Waals surface area contributed by atoms with Crippen LogP contribution in [0.25, 0.3) is 6.08 Å². The van der Waals surface area contributed by atoms with Gasteiger partial charge in [0.25, 0.3) is 0 Å². The average Bonchev–Trinajstić information content (AvgIpc) is 2.70. The zero-order valence-electron chi connectivity index (χ0n) is 10.8. The summed E-state index contributed by atoms with van der Waals surface area (Å²) in [7, 11) is 0. The van der Waals surface area contributed by atoms with Crippen molar-refractivity contribution < 1.29 is 14.4 Å². The summed E-state index contributed by atoms with van der Waals surface area (Å²) < 4.78 is 5.63. The van der Waals surface area contributed by atoms with Crippen molar-refractivity contribution in [3.05, 3.63) is 34.4 Å². The SMILES string of the molecule is CCCOc1ccc(Cl)cc1/C=C1/C(=O)ON=C1C. The fourth-order valence-corrected chi connectivity index (χ4v) is 1.83. The van der Waals surface area contributed by atoms with Crippen molar-refractivity contribution in [1.29, 1.82) is 0 Å². The van der Waals surface area contributed by atoms with E-state index in [4.69, 9.17) is 16.3 Å². The summed E-state index contributed by atoms with van der Waals surface area (Å²) in [5.74, 6) is 0.227. The van der Waals surface area contributed by atoms with Gasteiger partial charge in [-0.15, -0.1) is 0 Å². The van der Waals surface area contributed by atoms with Gasteiger partial charge >= 0.3 is 5.97 Å². The van der Waals surface area contributed by atoms with E-state index in [-0.39, 0.29) is 0 Å². The molecule has 0 amide bonds. The molecule has 1 aromatic carbocycles. The standard InChI is InChI=1S/C14H14ClNO3/c1-3-6-18-13-5-4-11(15)7-10(13)8-12-9(2)16-19-14(12)17/h4-5,7-8H,3,6H2,1-2H3/b12-8+. The third-order valence-corrected chi connectivity index (χ3v) is 2.84. The number of ether oxygens (including phenoxy) is 1. The van der Waals surface area contributed by atoms with Crippen LogP contribution in [0.5, 0.6) is 5.75 Å². The van der Waals surface area contributed by atoms with Gasteiger partial charge in [-0.1, -0.05) is 23.7 Å². The van der Waals surface area contributed by atoms with E-state index in [1.165, 1.54) is 0 Å². The van der Waals surface area contributed by atoms with Gasteiger partial charge in [-0.3, -0.25) is 0 Å². The molecule has 0 N–H and O–H groups in total. The number of carbonyl (C=O) groups is 1. The van der Waals surface area contributed by atoms with Crippen LogP contribution in [0.4, 0.5) is 0 Å². The van der Waals surface area contributed by atoms with Gasteiger partial charge < -0.3 is 9.57 Å². The van der Waals surface area contributed by atoms with Crippen LogP contribution in [-0.4, -0.2) is 18.3 Å². The topological polar surface area (TPSA) is 47.9 Å². The summed E-state index contributed by atoms with van der Waals surface area (Å²) in [6.45, 7) is 4.35. The van der Waals surface area contributed by atoms with E-state index in [0.717, 1.165) is 12.0 Å². The van der Waals surface area contributed by atoms with Crippen molar-refractivity contribution in [2.75, 3.05) is 6.61 Å². The second kappa shape index (κ2) is 5.89. The van der Waals surface area contributed by atoms with Crippen LogP contribution < -0.4 is 4.74 Å². The summed E-state index contributed by atoms with van der Waals surface area (Å²) >= 11 is 5.98. The summed E-state index contributed by atoms with van der Waals surface area (Å²) in [6, 6.07) is 5.29. The van der Waals surface area contributed by atoms with Gasteiger partial charge in [0.15, 0.2) is 0 Å². The van der Waals surface area contributed by atoms with Crippen molar-refractivity contribution in [3.63, 3.8) is 0 Å². The van der Waals surface area contributed by atoms with Gasteiger partial charge in [0.05, 0.1) is 17.9 Å². The molecule has 1 aromatic rings. The minimum absolute atomic E-state index is 0.420. The molecule has 19 heavy (non-hydrogen) atoms. The predicted octanol–water partition coefficient (Wildman–Crippen LogP) is 3.44. The Kier molecular flexibility index (Phi) is 4.22. The normalized spacial score (nSPS) is 16.5. The summed E-state index contributed by atoms with van der Waals surface area (Å²) in [6.07, 6.45) is 2.59. The van der Waals surface area contributed by atoms with Crippen LogP contribution in [0, 0.1) is 0 Å². The first-order chi connectivity index (χ1) is 9.11. The molecule has 100 valence electrons. The van der Waals surface area contributed by atoms with E-state index >= 15 is 0 Å². The molecule has 2 rings (SSSR count). The molecule has 5 heteroatoms. The molecule has 1 heterocycles. The van der Waals surface area contributed by atoms with Gasteiger partial charge in [0, 0.05) is 10.6 Å². The lowest BCUT2D eigenvalue weighted by Crippen LogP contribution is -2.03. The second-order valence-electron chi connectivity index (χ2n) is 4.14. The third kappa shape index (κ3) is 3.15. The molecule has 0 aromatic heterocycles. The lowest BCUT2D eigenvalue weighted by molar-refractivity contribution is -0.136. The Morgan fingerprint density at radius 2 is 2.26 bits per heavy atom. The quantitative estimate of drug-likeness (QED) is 0.626. The Balaban J connectivity index is 2.38. The molecule has 0 atom stereocenters. The molecule has 1 aliphatic rings. The molecule has 0 saturated heterocycles. The van der Waals surface area contributed by atoms with E-state index in [1.54, 1.807) is 31.2 Å². The highest BCUT2D eigenvalue weighted by Crippen LogP contribution is 2.27. The van der Waals surface area contributed by atoms with Crippen LogP contribution in [0.2, 0.25) is 5.02 Å². The largest absolute Gasteiger partial charge is 0.493 e. The Morgan fingerprint density at radius 1 is 1.47 bits per heavy atom. The van der Waals surface area contributed by atoms with Crippen molar-refractivity contribution in [1.82, 2.24) is 0 Å². The fourth-order valence-electron chi connectivity index (χ4n) is 1.65. The van der Waals surface area contributed by atoms with Gasteiger partial charge in [-0.25, -0.2) is 4.79 Å². The first-order valence-electron chi connectivity index (χ1n) is 6.02. The van der Waals surface area contributed by atoms with Crippen LogP contribution in [0.15, 0.2) is 28.9 Å². The average molecular weight is 280 g/mol. The predicted molar refractivity (Wildman–Crippen MR) is 74.4 cm³/mol. The minimum atomic E-state index is -0.459. The van der Waals surface area contributed by atoms with E-state index in [1.807, 2.05) is 6.92 Å². The maximum atomic E-state index is 11.5. The van der Waals surface area contributed by atoms with Crippen LogP contribution in [0.3, 0.4) is 0 Å². The molecular weight excluding hydrogens is 266 g/mol. The molecule has 0 fully saturated rings. The van der Waals surface area contributed by atoms with Crippen molar-refractivity contribution in [3.8, 4) is 5.75 Å². The number of nitrogens with zero attached hydrogens (tertiary/aromatic N) is 1. The van der Waals surface area contributed by atoms with Gasteiger partial charge in [-0.05, 0) is 37.6 Å². The van der Waals surface area contributed by atoms with E-state index in [0.29, 0.717) is 28.7 Å². The molecule has 0 aliphatic carbocycles. The number of carbonyl (C=O) groups excluding carboxylic acids is 1. The lowest BCUT2D eigenvalue weighted by Gasteiger charge is -2.09. The molecule has 0 bridgehead atoms. The monoisotopic (exact) mass is 279 g/mol. The Bertz CT molecular complexity index is 564. The summed E-state index contributed by atoms with van der Waals surface area (Å²) in [4.78, 5) is 16.1. The van der Waals surface area contributed by atoms with Crippen LogP contribution >= 0.6 is 11.6 Å². The van der Waals surface area contributed by atoms with E-state index in [2.05, 4.69) is 9.99 Å². The highest BCUT2D eigenvalue weighted by atomic mass is 35.5. The zero-order valence-corrected chi connectivity index (χ0v) is 11.5. The number of hydrogen-bond acceptors (Lipinski definition) is 4.